The number of nitrogens with one attached hydrogen (secondary N) is 1. The lowest BCUT2D eigenvalue weighted by molar-refractivity contribution is -0.139. The monoisotopic (exact) mass is 379 g/mol. The van der Waals surface area contributed by atoms with Gasteiger partial charge in [0.05, 0.1) is 5.25 Å². The molecule has 1 saturated carbocycles. The average molecular weight is 379 g/mol. The third-order valence-corrected chi connectivity index (χ3v) is 7.31. The number of carbonyl (C=O) groups is 1. The van der Waals surface area contributed by atoms with Crippen LogP contribution in [0.2, 0.25) is 0 Å². The van der Waals surface area contributed by atoms with Gasteiger partial charge in [-0.15, -0.1) is 0 Å². The Balaban J connectivity index is 1.41. The molecule has 26 heavy (non-hydrogen) atoms. The summed E-state index contributed by atoms with van der Waals surface area (Å²) in [5.41, 5.74) is 2.88. The number of nitrogens with zero attached hydrogens (tertiary/aromatic N) is 2. The Bertz CT molecular complexity index is 786. The number of aromatic nitrogens is 1. The normalized spacial score (nSPS) is 21.5. The van der Waals surface area contributed by atoms with Crippen molar-refractivity contribution in [3.63, 3.8) is 0 Å². The zero-order valence-electron chi connectivity index (χ0n) is 14.8. The summed E-state index contributed by atoms with van der Waals surface area (Å²) in [5.74, 6) is 0.269. The molecule has 142 valence electrons. The lowest BCUT2D eigenvalue weighted by Gasteiger charge is -2.32. The van der Waals surface area contributed by atoms with E-state index < -0.39 is 10.0 Å². The van der Waals surface area contributed by atoms with Crippen LogP contribution in [-0.2, 0) is 39.1 Å². The van der Waals surface area contributed by atoms with Crippen LogP contribution in [0.1, 0.15) is 42.5 Å². The van der Waals surface area contributed by atoms with E-state index in [2.05, 4.69) is 9.71 Å². The van der Waals surface area contributed by atoms with Gasteiger partial charge in [0.25, 0.3) is 0 Å². The van der Waals surface area contributed by atoms with Gasteiger partial charge in [0.2, 0.25) is 15.9 Å². The van der Waals surface area contributed by atoms with Crippen LogP contribution in [0.3, 0.4) is 0 Å². The minimum Gasteiger partial charge on any atom is -0.381 e. The SMILES string of the molecule is O=C(C1CCOCC1)N1CCc2ncc(CNS(=O)(=O)C3CC3)cc2C1. The fraction of sp³-hybridized carbons (Fsp3) is 0.667. The smallest absolute Gasteiger partial charge is 0.226 e. The largest absolute Gasteiger partial charge is 0.381 e. The Kier molecular flexibility index (Phi) is 4.98. The summed E-state index contributed by atoms with van der Waals surface area (Å²) in [5, 5.41) is -0.222. The lowest BCUT2D eigenvalue weighted by atomic mass is 9.96. The van der Waals surface area contributed by atoms with Gasteiger partial charge in [0.15, 0.2) is 0 Å². The molecule has 3 heterocycles. The highest BCUT2D eigenvalue weighted by Gasteiger charge is 2.35. The second-order valence-electron chi connectivity index (χ2n) is 7.41. The molecule has 7 nitrogen and oxygen atoms in total. The van der Waals surface area contributed by atoms with Crippen LogP contribution in [0.4, 0.5) is 0 Å². The van der Waals surface area contributed by atoms with Crippen molar-refractivity contribution in [3.8, 4) is 0 Å². The van der Waals surface area contributed by atoms with Gasteiger partial charge >= 0.3 is 0 Å². The van der Waals surface area contributed by atoms with Gasteiger partial charge in [-0.1, -0.05) is 0 Å². The first-order valence-electron chi connectivity index (χ1n) is 9.34. The number of carbonyl (C=O) groups excluding carboxylic acids is 1. The van der Waals surface area contributed by atoms with Crippen LogP contribution in [-0.4, -0.2) is 49.2 Å². The molecular formula is C18H25N3O4S. The number of ether oxygens (including phenoxy) is 1. The number of amides is 1. The van der Waals surface area contributed by atoms with Gasteiger partial charge in [0.1, 0.15) is 0 Å². The molecule has 2 aliphatic heterocycles. The molecule has 4 rings (SSSR count). The highest BCUT2D eigenvalue weighted by atomic mass is 32.2. The summed E-state index contributed by atoms with van der Waals surface area (Å²) < 4.78 is 32.0. The molecule has 8 heteroatoms. The Morgan fingerprint density at radius 2 is 2.04 bits per heavy atom. The Morgan fingerprint density at radius 1 is 1.27 bits per heavy atom. The standard InChI is InChI=1S/C18H25N3O4S/c22-18(14-4-7-25-8-5-14)21-6-3-17-15(12-21)9-13(10-19-17)11-20-26(23,24)16-1-2-16/h9-10,14,16,20H,1-8,11-12H2. The van der Waals surface area contributed by atoms with E-state index in [1.54, 1.807) is 6.20 Å². The zero-order chi connectivity index (χ0) is 18.1. The fourth-order valence-electron chi connectivity index (χ4n) is 3.64. The van der Waals surface area contributed by atoms with E-state index >= 15 is 0 Å². The predicted octanol–water partition coefficient (Wildman–Crippen LogP) is 0.975. The van der Waals surface area contributed by atoms with Crippen LogP contribution < -0.4 is 4.72 Å². The molecule has 1 aromatic heterocycles. The number of sulfonamides is 1. The fourth-order valence-corrected chi connectivity index (χ4v) is 5.00. The van der Waals surface area contributed by atoms with E-state index in [-0.39, 0.29) is 23.6 Å². The van der Waals surface area contributed by atoms with Crippen LogP contribution in [0.5, 0.6) is 0 Å². The Hall–Kier alpha value is -1.51. The number of hydrogen-bond acceptors (Lipinski definition) is 5. The minimum absolute atomic E-state index is 0.0618. The molecule has 1 saturated heterocycles. The molecule has 3 aliphatic rings. The predicted molar refractivity (Wildman–Crippen MR) is 95.7 cm³/mol. The lowest BCUT2D eigenvalue weighted by Crippen LogP contribution is -2.41. The molecule has 0 unspecified atom stereocenters. The maximum Gasteiger partial charge on any atom is 0.226 e. The van der Waals surface area contributed by atoms with Gasteiger partial charge in [-0.2, -0.15) is 0 Å². The summed E-state index contributed by atoms with van der Waals surface area (Å²) in [6.45, 7) is 2.83. The van der Waals surface area contributed by atoms with Crippen molar-refractivity contribution in [3.05, 3.63) is 29.1 Å². The maximum absolute atomic E-state index is 12.7. The second kappa shape index (κ2) is 7.25. The summed E-state index contributed by atoms with van der Waals surface area (Å²) in [6, 6.07) is 1.99. The van der Waals surface area contributed by atoms with Crippen LogP contribution in [0.15, 0.2) is 12.3 Å². The summed E-state index contributed by atoms with van der Waals surface area (Å²) in [4.78, 5) is 19.2. The first-order chi connectivity index (χ1) is 12.5. The van der Waals surface area contributed by atoms with Crippen molar-refractivity contribution >= 4 is 15.9 Å². The number of rotatable bonds is 5. The third-order valence-electron chi connectivity index (χ3n) is 5.42. The summed E-state index contributed by atoms with van der Waals surface area (Å²) in [6.07, 6.45) is 5.58. The Labute approximate surface area is 154 Å². The van der Waals surface area contributed by atoms with Crippen molar-refractivity contribution in [1.82, 2.24) is 14.6 Å². The quantitative estimate of drug-likeness (QED) is 0.824. The van der Waals surface area contributed by atoms with Gasteiger partial charge in [-0.05, 0) is 42.9 Å². The van der Waals surface area contributed by atoms with Crippen LogP contribution in [0, 0.1) is 5.92 Å². The summed E-state index contributed by atoms with van der Waals surface area (Å²) in [7, 11) is -3.20. The highest BCUT2D eigenvalue weighted by molar-refractivity contribution is 7.90. The molecule has 0 bridgehead atoms. The van der Waals surface area contributed by atoms with Crippen molar-refractivity contribution in [2.24, 2.45) is 5.92 Å². The molecule has 0 radical (unpaired) electrons. The van der Waals surface area contributed by atoms with Crippen molar-refractivity contribution in [1.29, 1.82) is 0 Å². The van der Waals surface area contributed by atoms with Crippen LogP contribution >= 0.6 is 0 Å². The average Bonchev–Trinajstić information content (AvgIpc) is 3.52. The van der Waals surface area contributed by atoms with Gasteiger partial charge in [-0.3, -0.25) is 9.78 Å². The van der Waals surface area contributed by atoms with Crippen molar-refractivity contribution in [2.75, 3.05) is 19.8 Å². The number of fused-ring (bicyclic) bond motifs is 1. The second-order valence-corrected chi connectivity index (χ2v) is 9.46. The molecule has 1 aliphatic carbocycles. The molecular weight excluding hydrogens is 354 g/mol. The van der Waals surface area contributed by atoms with E-state index in [4.69, 9.17) is 4.74 Å². The molecule has 1 amide bonds. The van der Waals surface area contributed by atoms with Crippen molar-refractivity contribution in [2.45, 2.75) is 50.4 Å². The first kappa shape index (κ1) is 17.9. The van der Waals surface area contributed by atoms with E-state index in [0.29, 0.717) is 26.3 Å². The van der Waals surface area contributed by atoms with E-state index in [1.165, 1.54) is 0 Å². The topological polar surface area (TPSA) is 88.6 Å². The maximum atomic E-state index is 12.7. The highest BCUT2D eigenvalue weighted by Crippen LogP contribution is 2.28. The minimum atomic E-state index is -3.20. The van der Waals surface area contributed by atoms with E-state index in [0.717, 1.165) is 48.9 Å². The molecule has 0 aromatic carbocycles. The van der Waals surface area contributed by atoms with Crippen LogP contribution in [0.25, 0.3) is 0 Å². The zero-order valence-corrected chi connectivity index (χ0v) is 15.6. The third kappa shape index (κ3) is 3.92. The molecule has 1 N–H and O–H groups in total. The Morgan fingerprint density at radius 3 is 2.77 bits per heavy atom. The molecule has 1 aromatic rings. The molecule has 0 atom stereocenters. The van der Waals surface area contributed by atoms with Gasteiger partial charge in [0, 0.05) is 57.1 Å². The number of hydrogen-bond donors (Lipinski definition) is 1. The number of pyridine rings is 1. The molecule has 0 spiro atoms. The van der Waals surface area contributed by atoms with E-state index in [1.807, 2.05) is 11.0 Å². The first-order valence-corrected chi connectivity index (χ1v) is 10.9. The van der Waals surface area contributed by atoms with Gasteiger partial charge < -0.3 is 9.64 Å². The van der Waals surface area contributed by atoms with Crippen molar-refractivity contribution < 1.29 is 17.9 Å². The summed E-state index contributed by atoms with van der Waals surface area (Å²) >= 11 is 0. The van der Waals surface area contributed by atoms with Gasteiger partial charge in [-0.25, -0.2) is 13.1 Å². The molecule has 2 fully saturated rings. The van der Waals surface area contributed by atoms with E-state index in [9.17, 15) is 13.2 Å².